The largest absolute Gasteiger partial charge is 0.458 e. The summed E-state index contributed by atoms with van der Waals surface area (Å²) < 4.78 is 13.0. The summed E-state index contributed by atoms with van der Waals surface area (Å²) in [6, 6.07) is 46.4. The van der Waals surface area contributed by atoms with Crippen LogP contribution in [0.25, 0.3) is 50.1 Å². The summed E-state index contributed by atoms with van der Waals surface area (Å²) in [5, 5.41) is 2.35. The Labute approximate surface area is 287 Å². The molecule has 0 aliphatic carbocycles. The van der Waals surface area contributed by atoms with Gasteiger partial charge in [0.15, 0.2) is 0 Å². The highest BCUT2D eigenvalue weighted by Crippen LogP contribution is 2.36. The number of imidazole rings is 1. The average molecular weight is 639 g/mol. The Balaban J connectivity index is 1.13. The van der Waals surface area contributed by atoms with Gasteiger partial charge in [0.1, 0.15) is 17.3 Å². The molecule has 5 aromatic carbocycles. The van der Waals surface area contributed by atoms with Crippen LogP contribution < -0.4 is 9.30 Å². The Morgan fingerprint density at radius 1 is 0.653 bits per heavy atom. The molecule has 3 aromatic heterocycles. The molecule has 0 amide bonds. The zero-order valence-electron chi connectivity index (χ0n) is 28.5. The van der Waals surface area contributed by atoms with Gasteiger partial charge in [-0.2, -0.15) is 0 Å². The van der Waals surface area contributed by atoms with E-state index in [-0.39, 0.29) is 5.41 Å². The lowest BCUT2D eigenvalue weighted by Gasteiger charge is -2.20. The van der Waals surface area contributed by atoms with Crippen LogP contribution in [0.2, 0.25) is 0 Å². The van der Waals surface area contributed by atoms with Gasteiger partial charge in [-0.15, -0.1) is 0 Å². The SMILES string of the molecule is Cc1c(C)[n+](-c2ccc(-c3ccccc3)cc2)[c-]n1-c1cccc(Oc2ccc3c4ccccc4n(-c4cc(C(C)(C)C)ccn4)c3c2)c1. The minimum Gasteiger partial charge on any atom is -0.458 e. The van der Waals surface area contributed by atoms with E-state index >= 15 is 0 Å². The van der Waals surface area contributed by atoms with Crippen LogP contribution in [0.5, 0.6) is 11.5 Å². The molecule has 0 unspecified atom stereocenters. The molecule has 0 spiro atoms. The quantitative estimate of drug-likeness (QED) is 0.134. The van der Waals surface area contributed by atoms with Gasteiger partial charge in [0.2, 0.25) is 0 Å². The van der Waals surface area contributed by atoms with Gasteiger partial charge in [-0.05, 0) is 96.6 Å². The van der Waals surface area contributed by atoms with Gasteiger partial charge in [-0.25, -0.2) is 4.98 Å². The molecule has 240 valence electrons. The lowest BCUT2D eigenvalue weighted by molar-refractivity contribution is -0.606. The van der Waals surface area contributed by atoms with Crippen molar-refractivity contribution < 1.29 is 9.30 Å². The Bertz CT molecular complexity index is 2460. The van der Waals surface area contributed by atoms with Crippen molar-refractivity contribution in [2.75, 3.05) is 0 Å². The van der Waals surface area contributed by atoms with E-state index in [1.165, 1.54) is 22.1 Å². The summed E-state index contributed by atoms with van der Waals surface area (Å²) >= 11 is 0. The van der Waals surface area contributed by atoms with Gasteiger partial charge in [0.05, 0.1) is 33.8 Å². The third-order valence-corrected chi connectivity index (χ3v) is 9.42. The number of benzene rings is 5. The van der Waals surface area contributed by atoms with E-state index in [1.807, 2.05) is 24.4 Å². The summed E-state index contributed by atoms with van der Waals surface area (Å²) in [5.41, 5.74) is 10.1. The summed E-state index contributed by atoms with van der Waals surface area (Å²) in [7, 11) is 0. The third kappa shape index (κ3) is 5.57. The second-order valence-corrected chi connectivity index (χ2v) is 13.6. The second kappa shape index (κ2) is 11.9. The molecule has 0 saturated carbocycles. The van der Waals surface area contributed by atoms with Crippen LogP contribution in [0, 0.1) is 20.2 Å². The van der Waals surface area contributed by atoms with Crippen molar-refractivity contribution in [3.05, 3.63) is 163 Å². The van der Waals surface area contributed by atoms with Gasteiger partial charge in [0, 0.05) is 23.0 Å². The first kappa shape index (κ1) is 30.4. The van der Waals surface area contributed by atoms with Gasteiger partial charge in [-0.3, -0.25) is 13.7 Å². The number of aromatic nitrogens is 4. The first-order valence-electron chi connectivity index (χ1n) is 16.7. The normalized spacial score (nSPS) is 11.8. The smallest absolute Gasteiger partial charge is 0.269 e. The number of nitrogens with zero attached hydrogens (tertiary/aromatic N) is 4. The van der Waals surface area contributed by atoms with Gasteiger partial charge < -0.3 is 4.74 Å². The summed E-state index contributed by atoms with van der Waals surface area (Å²) in [6.07, 6.45) is 5.49. The predicted molar refractivity (Wildman–Crippen MR) is 198 cm³/mol. The number of hydrogen-bond donors (Lipinski definition) is 0. The van der Waals surface area contributed by atoms with E-state index in [9.17, 15) is 0 Å². The van der Waals surface area contributed by atoms with E-state index in [1.54, 1.807) is 0 Å². The summed E-state index contributed by atoms with van der Waals surface area (Å²) in [6.45, 7) is 11.0. The standard InChI is InChI=1S/C44H38N4O/c1-30-31(2)47(29-46(30)35-20-18-33(19-21-35)32-12-7-6-8-13-32)36-14-11-15-37(27-36)49-38-22-23-40-39-16-9-10-17-41(39)48(42(40)28-38)43-26-34(24-25-45-43)44(3,4)5/h6-28H,1-5H3. The van der Waals surface area contributed by atoms with Crippen molar-refractivity contribution >= 4 is 21.8 Å². The van der Waals surface area contributed by atoms with Gasteiger partial charge >= 0.3 is 0 Å². The lowest BCUT2D eigenvalue weighted by atomic mass is 9.88. The zero-order valence-corrected chi connectivity index (χ0v) is 28.5. The highest BCUT2D eigenvalue weighted by Gasteiger charge is 2.19. The minimum absolute atomic E-state index is 0.00997. The van der Waals surface area contributed by atoms with Crippen LogP contribution in [0.4, 0.5) is 0 Å². The maximum Gasteiger partial charge on any atom is 0.269 e. The highest BCUT2D eigenvalue weighted by molar-refractivity contribution is 6.09. The van der Waals surface area contributed by atoms with Crippen molar-refractivity contribution in [1.29, 1.82) is 0 Å². The number of para-hydroxylation sites is 1. The predicted octanol–water partition coefficient (Wildman–Crippen LogP) is 10.4. The molecule has 0 fully saturated rings. The minimum atomic E-state index is 0.00997. The molecule has 0 saturated heterocycles. The average Bonchev–Trinajstić information content (AvgIpc) is 3.61. The fraction of sp³-hybridized carbons (Fsp3) is 0.136. The molecule has 0 N–H and O–H groups in total. The van der Waals surface area contributed by atoms with Crippen LogP contribution in [0.3, 0.4) is 0 Å². The van der Waals surface area contributed by atoms with Crippen molar-refractivity contribution in [3.8, 4) is 39.8 Å². The highest BCUT2D eigenvalue weighted by atomic mass is 16.5. The molecule has 0 aliphatic heterocycles. The first-order chi connectivity index (χ1) is 23.7. The van der Waals surface area contributed by atoms with Crippen LogP contribution in [-0.2, 0) is 5.41 Å². The van der Waals surface area contributed by atoms with E-state index in [2.05, 4.69) is 170 Å². The van der Waals surface area contributed by atoms with Crippen LogP contribution in [0.15, 0.2) is 140 Å². The van der Waals surface area contributed by atoms with Crippen molar-refractivity contribution in [2.24, 2.45) is 0 Å². The first-order valence-corrected chi connectivity index (χ1v) is 16.7. The molecule has 0 aliphatic rings. The van der Waals surface area contributed by atoms with Gasteiger partial charge in [-0.1, -0.05) is 87.5 Å². The molecule has 8 aromatic rings. The molecular weight excluding hydrogens is 601 g/mol. The monoisotopic (exact) mass is 638 g/mol. The van der Waals surface area contributed by atoms with Crippen molar-refractivity contribution in [3.63, 3.8) is 0 Å². The Morgan fingerprint density at radius 2 is 1.37 bits per heavy atom. The molecule has 49 heavy (non-hydrogen) atoms. The van der Waals surface area contributed by atoms with Gasteiger partial charge in [0.25, 0.3) is 6.33 Å². The fourth-order valence-electron chi connectivity index (χ4n) is 6.60. The Morgan fingerprint density at radius 3 is 2.16 bits per heavy atom. The van der Waals surface area contributed by atoms with Crippen molar-refractivity contribution in [2.45, 2.75) is 40.0 Å². The maximum absolute atomic E-state index is 6.56. The Kier molecular flexibility index (Phi) is 7.41. The van der Waals surface area contributed by atoms with E-state index < -0.39 is 0 Å². The third-order valence-electron chi connectivity index (χ3n) is 9.42. The number of hydrogen-bond acceptors (Lipinski definition) is 2. The Hall–Kier alpha value is -5.94. The van der Waals surface area contributed by atoms with Crippen LogP contribution in [0.1, 0.15) is 37.7 Å². The molecule has 0 atom stereocenters. The van der Waals surface area contributed by atoms with Crippen LogP contribution in [-0.4, -0.2) is 14.1 Å². The zero-order chi connectivity index (χ0) is 33.7. The number of ether oxygens (including phenoxy) is 1. The van der Waals surface area contributed by atoms with E-state index in [4.69, 9.17) is 9.72 Å². The molecular formula is C44H38N4O. The maximum atomic E-state index is 6.56. The number of rotatable bonds is 6. The fourth-order valence-corrected chi connectivity index (χ4v) is 6.60. The topological polar surface area (TPSA) is 35.9 Å². The molecule has 5 nitrogen and oxygen atoms in total. The van der Waals surface area contributed by atoms with E-state index in [0.29, 0.717) is 0 Å². The number of pyridine rings is 1. The molecule has 0 bridgehead atoms. The van der Waals surface area contributed by atoms with E-state index in [0.717, 1.165) is 56.5 Å². The summed E-state index contributed by atoms with van der Waals surface area (Å²) in [4.78, 5) is 4.83. The van der Waals surface area contributed by atoms with Crippen molar-refractivity contribution in [1.82, 2.24) is 14.1 Å². The summed E-state index contributed by atoms with van der Waals surface area (Å²) in [5.74, 6) is 2.42. The molecule has 3 heterocycles. The molecule has 0 radical (unpaired) electrons. The number of fused-ring (bicyclic) bond motifs is 3. The second-order valence-electron chi connectivity index (χ2n) is 13.6. The molecule has 8 rings (SSSR count). The lowest BCUT2D eigenvalue weighted by Crippen LogP contribution is -2.32. The molecule has 5 heteroatoms. The van der Waals surface area contributed by atoms with Crippen LogP contribution >= 0.6 is 0 Å².